The molecule has 0 saturated heterocycles. The highest BCUT2D eigenvalue weighted by molar-refractivity contribution is 6.21. The fraction of sp³-hybridized carbons (Fsp3) is 0.167. The van der Waals surface area contributed by atoms with Crippen LogP contribution < -0.4 is 18.8 Å². The normalized spacial score (nSPS) is 9.58. The van der Waals surface area contributed by atoms with Gasteiger partial charge in [-0.2, -0.15) is 0 Å². The quantitative estimate of drug-likeness (QED) is 0.732. The van der Waals surface area contributed by atoms with Crippen LogP contribution >= 0.6 is 0 Å². The van der Waals surface area contributed by atoms with E-state index in [1.807, 2.05) is 0 Å². The Morgan fingerprint density at radius 3 is 1.68 bits per heavy atom. The van der Waals surface area contributed by atoms with Crippen LogP contribution in [-0.2, 0) is 0 Å². The molecule has 0 amide bonds. The first kappa shape index (κ1) is 13.0. The van der Waals surface area contributed by atoms with Crippen molar-refractivity contribution in [1.29, 1.82) is 0 Å². The second-order valence-corrected chi connectivity index (χ2v) is 3.38. The van der Waals surface area contributed by atoms with Gasteiger partial charge in [0.25, 0.3) is 0 Å². The molecule has 1 radical (unpaired) electrons. The Hall–Kier alpha value is -2.44. The van der Waals surface area contributed by atoms with Crippen molar-refractivity contribution < 1.29 is 18.8 Å². The molecule has 97 valence electrons. The predicted molar refractivity (Wildman–Crippen MR) is 68.6 cm³/mol. The number of hydrogen-bond acceptors (Lipinski definition) is 6. The lowest BCUT2D eigenvalue weighted by atomic mass is 10.3. The smallest absolute Gasteiger partial charge is 0.523 e. The first-order chi connectivity index (χ1) is 9.35. The minimum Gasteiger partial charge on any atom is -0.523 e. The molecule has 0 atom stereocenters. The molecule has 6 nitrogen and oxygen atoms in total. The van der Waals surface area contributed by atoms with Crippen molar-refractivity contribution in [2.75, 3.05) is 14.2 Å². The second-order valence-electron chi connectivity index (χ2n) is 3.38. The molecule has 2 heterocycles. The van der Waals surface area contributed by atoms with E-state index in [1.165, 1.54) is 20.1 Å². The van der Waals surface area contributed by atoms with Gasteiger partial charge >= 0.3 is 7.69 Å². The van der Waals surface area contributed by atoms with Crippen LogP contribution in [0, 0.1) is 0 Å². The Labute approximate surface area is 111 Å². The Balaban J connectivity index is 1.96. The summed E-state index contributed by atoms with van der Waals surface area (Å²) in [6.07, 6.45) is 6.27. The fourth-order valence-electron chi connectivity index (χ4n) is 1.38. The van der Waals surface area contributed by atoms with Gasteiger partial charge in [0.2, 0.25) is 0 Å². The molecule has 0 aromatic carbocycles. The zero-order chi connectivity index (χ0) is 13.5. The van der Waals surface area contributed by atoms with Crippen LogP contribution in [0.3, 0.4) is 0 Å². The Morgan fingerprint density at radius 1 is 0.789 bits per heavy atom. The van der Waals surface area contributed by atoms with E-state index in [-0.39, 0.29) is 0 Å². The van der Waals surface area contributed by atoms with Crippen LogP contribution in [-0.4, -0.2) is 31.9 Å². The SMILES string of the molecule is COc1ccncc1O[B]Oc1cnccc1OC. The van der Waals surface area contributed by atoms with Crippen molar-refractivity contribution in [1.82, 2.24) is 9.97 Å². The highest BCUT2D eigenvalue weighted by Gasteiger charge is 2.09. The Morgan fingerprint density at radius 2 is 1.26 bits per heavy atom. The molecule has 2 aromatic heterocycles. The zero-order valence-electron chi connectivity index (χ0n) is 10.6. The number of nitrogens with zero attached hydrogens (tertiary/aromatic N) is 2. The van der Waals surface area contributed by atoms with Crippen molar-refractivity contribution in [3.63, 3.8) is 0 Å². The van der Waals surface area contributed by atoms with E-state index in [0.717, 1.165) is 0 Å². The predicted octanol–water partition coefficient (Wildman–Crippen LogP) is 1.49. The summed E-state index contributed by atoms with van der Waals surface area (Å²) in [5.74, 6) is 2.03. The molecular formula is C12H12BN2O4. The third kappa shape index (κ3) is 3.28. The molecule has 0 spiro atoms. The van der Waals surface area contributed by atoms with Gasteiger partial charge in [-0.05, 0) is 0 Å². The number of methoxy groups -OCH3 is 2. The molecular weight excluding hydrogens is 247 g/mol. The summed E-state index contributed by atoms with van der Waals surface area (Å²) in [5.41, 5.74) is 0. The highest BCUT2D eigenvalue weighted by atomic mass is 16.6. The van der Waals surface area contributed by atoms with Crippen molar-refractivity contribution in [2.24, 2.45) is 0 Å². The van der Waals surface area contributed by atoms with Crippen molar-refractivity contribution in [3.05, 3.63) is 36.9 Å². The number of hydrogen-bond donors (Lipinski definition) is 0. The van der Waals surface area contributed by atoms with E-state index in [9.17, 15) is 0 Å². The second kappa shape index (κ2) is 6.48. The van der Waals surface area contributed by atoms with Gasteiger partial charge in [0.15, 0.2) is 23.0 Å². The Bertz CT molecular complexity index is 491. The van der Waals surface area contributed by atoms with Gasteiger partial charge in [-0.25, -0.2) is 0 Å². The van der Waals surface area contributed by atoms with Crippen LogP contribution in [0.15, 0.2) is 36.9 Å². The van der Waals surface area contributed by atoms with Gasteiger partial charge in [-0.1, -0.05) is 0 Å². The molecule has 0 fully saturated rings. The monoisotopic (exact) mass is 259 g/mol. The average Bonchev–Trinajstić information content (AvgIpc) is 2.48. The lowest BCUT2D eigenvalue weighted by molar-refractivity contribution is 0.368. The van der Waals surface area contributed by atoms with Crippen LogP contribution in [0.5, 0.6) is 23.0 Å². The topological polar surface area (TPSA) is 62.7 Å². The number of ether oxygens (including phenoxy) is 2. The van der Waals surface area contributed by atoms with Crippen LogP contribution in [0.1, 0.15) is 0 Å². The average molecular weight is 259 g/mol. The zero-order valence-corrected chi connectivity index (χ0v) is 10.6. The molecule has 7 heteroatoms. The van der Waals surface area contributed by atoms with E-state index in [0.29, 0.717) is 23.0 Å². The first-order valence-electron chi connectivity index (χ1n) is 5.46. The molecule has 0 N–H and O–H groups in total. The van der Waals surface area contributed by atoms with E-state index in [4.69, 9.17) is 18.8 Å². The maximum Gasteiger partial charge on any atom is 0.658 e. The van der Waals surface area contributed by atoms with Gasteiger partial charge in [0.1, 0.15) is 0 Å². The fourth-order valence-corrected chi connectivity index (χ4v) is 1.38. The van der Waals surface area contributed by atoms with Crippen molar-refractivity contribution in [2.45, 2.75) is 0 Å². The lowest BCUT2D eigenvalue weighted by Gasteiger charge is -2.10. The molecule has 0 bridgehead atoms. The first-order valence-corrected chi connectivity index (χ1v) is 5.46. The van der Waals surface area contributed by atoms with E-state index in [1.54, 1.807) is 38.7 Å². The number of rotatable bonds is 6. The molecule has 0 unspecified atom stereocenters. The molecule has 0 aliphatic rings. The van der Waals surface area contributed by atoms with E-state index >= 15 is 0 Å². The minimum absolute atomic E-state index is 0.452. The Kier molecular flexibility index (Phi) is 4.44. The van der Waals surface area contributed by atoms with E-state index < -0.39 is 0 Å². The van der Waals surface area contributed by atoms with E-state index in [2.05, 4.69) is 9.97 Å². The van der Waals surface area contributed by atoms with Crippen LogP contribution in [0.4, 0.5) is 0 Å². The van der Waals surface area contributed by atoms with Gasteiger partial charge in [0, 0.05) is 24.5 Å². The van der Waals surface area contributed by atoms with Crippen molar-refractivity contribution >= 4 is 7.69 Å². The molecule has 2 rings (SSSR count). The van der Waals surface area contributed by atoms with Gasteiger partial charge < -0.3 is 18.8 Å². The van der Waals surface area contributed by atoms with Crippen LogP contribution in [0.2, 0.25) is 0 Å². The number of pyridine rings is 2. The molecule has 2 aromatic rings. The maximum atomic E-state index is 5.31. The standard InChI is InChI=1S/C12H12BN2O4/c1-16-9-3-5-14-7-11(9)18-13-19-12-8-15-6-4-10(12)17-2/h3-8H,1-2H3. The summed E-state index contributed by atoms with van der Waals surface area (Å²) in [7, 11) is 4.26. The lowest BCUT2D eigenvalue weighted by Crippen LogP contribution is -2.12. The van der Waals surface area contributed by atoms with Crippen LogP contribution in [0.25, 0.3) is 0 Å². The highest BCUT2D eigenvalue weighted by Crippen LogP contribution is 2.26. The summed E-state index contributed by atoms with van der Waals surface area (Å²) in [6, 6.07) is 3.38. The maximum absolute atomic E-state index is 5.31. The molecule has 19 heavy (non-hydrogen) atoms. The van der Waals surface area contributed by atoms with Gasteiger partial charge in [-0.15, -0.1) is 0 Å². The molecule has 0 saturated carbocycles. The summed E-state index contributed by atoms with van der Waals surface area (Å²) in [6.45, 7) is 0. The largest absolute Gasteiger partial charge is 0.658 e. The van der Waals surface area contributed by atoms with Gasteiger partial charge in [0.05, 0.1) is 26.6 Å². The minimum atomic E-state index is 0.452. The summed E-state index contributed by atoms with van der Waals surface area (Å²) < 4.78 is 20.9. The van der Waals surface area contributed by atoms with Gasteiger partial charge in [-0.3, -0.25) is 9.97 Å². The summed E-state index contributed by atoms with van der Waals surface area (Å²) in [5, 5.41) is 0. The summed E-state index contributed by atoms with van der Waals surface area (Å²) in [4.78, 5) is 7.87. The molecule has 0 aliphatic heterocycles. The third-order valence-corrected chi connectivity index (χ3v) is 2.28. The number of aromatic nitrogens is 2. The van der Waals surface area contributed by atoms with Crippen molar-refractivity contribution in [3.8, 4) is 23.0 Å². The molecule has 0 aliphatic carbocycles. The third-order valence-electron chi connectivity index (χ3n) is 2.28. The summed E-state index contributed by atoms with van der Waals surface area (Å²) >= 11 is 0.